The first-order chi connectivity index (χ1) is 17.4. The van der Waals surface area contributed by atoms with Crippen molar-refractivity contribution >= 4 is 35.3 Å². The summed E-state index contributed by atoms with van der Waals surface area (Å²) >= 11 is 0. The van der Waals surface area contributed by atoms with Gasteiger partial charge in [0.05, 0.1) is 17.7 Å². The Morgan fingerprint density at radius 3 is 1.56 bits per heavy atom. The molecule has 0 unspecified atom stereocenters. The van der Waals surface area contributed by atoms with E-state index in [4.69, 9.17) is 9.36 Å². The molecule has 0 N–H and O–H groups in total. The van der Waals surface area contributed by atoms with Crippen LogP contribution in [0.1, 0.15) is 26.3 Å². The van der Waals surface area contributed by atoms with Gasteiger partial charge in [-0.15, -0.1) is 0 Å². The molecule has 6 nitrogen and oxygen atoms in total. The van der Waals surface area contributed by atoms with Crippen LogP contribution in [0.3, 0.4) is 0 Å². The van der Waals surface area contributed by atoms with E-state index in [0.29, 0.717) is 16.4 Å². The third kappa shape index (κ3) is 5.35. The lowest BCUT2D eigenvalue weighted by Gasteiger charge is -2.17. The number of aryl methyl sites for hydroxylation is 1. The quantitative estimate of drug-likeness (QED) is 0.102. The van der Waals surface area contributed by atoms with Crippen LogP contribution >= 0.6 is 7.37 Å². The van der Waals surface area contributed by atoms with Crippen LogP contribution in [0, 0.1) is 6.92 Å². The fourth-order valence-corrected chi connectivity index (χ4v) is 5.31. The lowest BCUT2D eigenvalue weighted by molar-refractivity contribution is 0.101. The van der Waals surface area contributed by atoms with Crippen LogP contribution in [0.15, 0.2) is 114 Å². The number of hydrogen-bond donors (Lipinski definition) is 0. The highest BCUT2D eigenvalue weighted by Gasteiger charge is 2.32. The molecule has 0 amide bonds. The van der Waals surface area contributed by atoms with Gasteiger partial charge in [-0.1, -0.05) is 71.4 Å². The number of hydrogen-bond acceptors (Lipinski definition) is 6. The molecule has 4 aromatic carbocycles. The molecule has 36 heavy (non-hydrogen) atoms. The van der Waals surface area contributed by atoms with E-state index in [-0.39, 0.29) is 11.1 Å². The van der Waals surface area contributed by atoms with Crippen LogP contribution < -0.4 is 15.3 Å². The zero-order valence-electron chi connectivity index (χ0n) is 19.8. The molecule has 0 aliphatic rings. The Balaban J connectivity index is 1.80. The Morgan fingerprint density at radius 2 is 1.11 bits per heavy atom. The standard InChI is InChI=1S/C29H24NO5P/c1-21-13-15-22(16-14-21)28(31)27(29(32)23-17-19-24(34-2)20-18-23)30-35-36(33,25-9-5-3-6-10-25)26-11-7-4-8-12-26/h3-20H,1-2H3/b30-27-. The monoisotopic (exact) mass is 497 g/mol. The van der Waals surface area contributed by atoms with E-state index in [2.05, 4.69) is 5.16 Å². The Kier molecular flexibility index (Phi) is 7.57. The molecule has 0 saturated heterocycles. The summed E-state index contributed by atoms with van der Waals surface area (Å²) in [6, 6.07) is 30.2. The second-order valence-corrected chi connectivity index (χ2v) is 10.3. The predicted molar refractivity (Wildman–Crippen MR) is 141 cm³/mol. The molecule has 180 valence electrons. The van der Waals surface area contributed by atoms with E-state index < -0.39 is 24.6 Å². The van der Waals surface area contributed by atoms with Gasteiger partial charge in [-0.2, -0.15) is 0 Å². The van der Waals surface area contributed by atoms with E-state index >= 15 is 0 Å². The van der Waals surface area contributed by atoms with Crippen LogP contribution in [0.25, 0.3) is 0 Å². The van der Waals surface area contributed by atoms with Gasteiger partial charge in [-0.3, -0.25) is 14.2 Å². The number of ether oxygens (including phenoxy) is 1. The van der Waals surface area contributed by atoms with E-state index in [0.717, 1.165) is 5.56 Å². The third-order valence-electron chi connectivity index (χ3n) is 5.54. The number of ketones is 2. The normalized spacial score (nSPS) is 11.6. The first-order valence-corrected chi connectivity index (χ1v) is 12.8. The second kappa shape index (κ2) is 11.0. The maximum Gasteiger partial charge on any atom is 0.330 e. The SMILES string of the molecule is COc1ccc(C(=O)/C(=N\OP(=O)(c2ccccc2)c2ccccc2)C(=O)c2ccc(C)cc2)cc1. The summed E-state index contributed by atoms with van der Waals surface area (Å²) in [5.74, 6) is -0.733. The molecule has 4 aromatic rings. The summed E-state index contributed by atoms with van der Waals surface area (Å²) in [4.78, 5) is 26.9. The van der Waals surface area contributed by atoms with Crippen LogP contribution in [0.4, 0.5) is 0 Å². The van der Waals surface area contributed by atoms with Crippen molar-refractivity contribution in [2.45, 2.75) is 6.92 Å². The maximum atomic E-state index is 14.2. The number of methoxy groups -OCH3 is 1. The fraction of sp³-hybridized carbons (Fsp3) is 0.0690. The zero-order valence-corrected chi connectivity index (χ0v) is 20.7. The molecule has 4 rings (SSSR count). The molecular formula is C29H24NO5P. The van der Waals surface area contributed by atoms with Gasteiger partial charge < -0.3 is 9.36 Å². The molecule has 0 bridgehead atoms. The number of rotatable bonds is 9. The van der Waals surface area contributed by atoms with E-state index in [1.54, 1.807) is 97.1 Å². The van der Waals surface area contributed by atoms with Gasteiger partial charge in [0.25, 0.3) is 0 Å². The van der Waals surface area contributed by atoms with Crippen molar-refractivity contribution in [2.24, 2.45) is 5.16 Å². The lowest BCUT2D eigenvalue weighted by Crippen LogP contribution is -2.26. The van der Waals surface area contributed by atoms with E-state index in [1.807, 2.05) is 6.92 Å². The smallest absolute Gasteiger partial charge is 0.330 e. The first-order valence-electron chi connectivity index (χ1n) is 11.2. The minimum atomic E-state index is -3.77. The van der Waals surface area contributed by atoms with Crippen molar-refractivity contribution in [1.29, 1.82) is 0 Å². The van der Waals surface area contributed by atoms with Gasteiger partial charge in [0.2, 0.25) is 11.6 Å². The molecule has 0 heterocycles. The number of oxime groups is 1. The molecule has 0 aromatic heterocycles. The Bertz CT molecular complexity index is 1390. The molecule has 0 fully saturated rings. The molecule has 7 heteroatoms. The number of carbonyl (C=O) groups is 2. The Hall–Kier alpha value is -4.28. The number of Topliss-reactive ketones (excluding diaryl/α,β-unsaturated/α-hetero) is 2. The van der Waals surface area contributed by atoms with E-state index in [9.17, 15) is 14.2 Å². The number of nitrogens with zero attached hydrogens (tertiary/aromatic N) is 1. The molecule has 0 aliphatic carbocycles. The summed E-state index contributed by atoms with van der Waals surface area (Å²) < 4.78 is 25.1. The summed E-state index contributed by atoms with van der Waals surface area (Å²) in [5.41, 5.74) is 0.962. The van der Waals surface area contributed by atoms with Crippen molar-refractivity contribution in [2.75, 3.05) is 7.11 Å². The molecular weight excluding hydrogens is 473 g/mol. The highest BCUT2D eigenvalue weighted by molar-refractivity contribution is 7.74. The largest absolute Gasteiger partial charge is 0.497 e. The first kappa shape index (κ1) is 24.8. The number of benzene rings is 4. The molecule has 0 radical (unpaired) electrons. The van der Waals surface area contributed by atoms with Gasteiger partial charge in [-0.25, -0.2) is 0 Å². The minimum Gasteiger partial charge on any atom is -0.497 e. The summed E-state index contributed by atoms with van der Waals surface area (Å²) in [5, 5.41) is 4.77. The summed E-state index contributed by atoms with van der Waals surface area (Å²) in [6.45, 7) is 1.89. The topological polar surface area (TPSA) is 82.0 Å². The zero-order chi connectivity index (χ0) is 25.5. The lowest BCUT2D eigenvalue weighted by atomic mass is 9.99. The van der Waals surface area contributed by atoms with Gasteiger partial charge in [0, 0.05) is 11.1 Å². The van der Waals surface area contributed by atoms with Crippen LogP contribution in [0.2, 0.25) is 0 Å². The average Bonchev–Trinajstić information content (AvgIpc) is 2.94. The van der Waals surface area contributed by atoms with Crippen LogP contribution in [0.5, 0.6) is 5.75 Å². The molecule has 0 spiro atoms. The van der Waals surface area contributed by atoms with E-state index in [1.165, 1.54) is 19.2 Å². The molecule has 0 aliphatic heterocycles. The highest BCUT2D eigenvalue weighted by Crippen LogP contribution is 2.45. The predicted octanol–water partition coefficient (Wildman–Crippen LogP) is 5.37. The molecule has 0 atom stereocenters. The van der Waals surface area contributed by atoms with Gasteiger partial charge in [0.15, 0.2) is 5.71 Å². The van der Waals surface area contributed by atoms with Crippen molar-refractivity contribution in [3.8, 4) is 5.75 Å². The van der Waals surface area contributed by atoms with Gasteiger partial charge in [-0.05, 0) is 55.5 Å². The maximum absolute atomic E-state index is 14.2. The van der Waals surface area contributed by atoms with Crippen molar-refractivity contribution in [3.63, 3.8) is 0 Å². The van der Waals surface area contributed by atoms with Crippen molar-refractivity contribution < 1.29 is 23.5 Å². The van der Waals surface area contributed by atoms with Crippen LogP contribution in [-0.4, -0.2) is 24.4 Å². The summed E-state index contributed by atoms with van der Waals surface area (Å²) in [7, 11) is -2.26. The highest BCUT2D eigenvalue weighted by atomic mass is 31.2. The fourth-order valence-electron chi connectivity index (χ4n) is 3.50. The second-order valence-electron chi connectivity index (χ2n) is 8.00. The van der Waals surface area contributed by atoms with Gasteiger partial charge in [0.1, 0.15) is 5.75 Å². The Labute approximate surface area is 209 Å². The Morgan fingerprint density at radius 1 is 0.667 bits per heavy atom. The molecule has 0 saturated carbocycles. The van der Waals surface area contributed by atoms with Crippen LogP contribution in [-0.2, 0) is 9.19 Å². The average molecular weight is 497 g/mol. The summed E-state index contributed by atoms with van der Waals surface area (Å²) in [6.07, 6.45) is 0. The third-order valence-corrected chi connectivity index (χ3v) is 7.80. The minimum absolute atomic E-state index is 0.216. The van der Waals surface area contributed by atoms with Crippen molar-refractivity contribution in [1.82, 2.24) is 0 Å². The van der Waals surface area contributed by atoms with Gasteiger partial charge >= 0.3 is 7.37 Å². The van der Waals surface area contributed by atoms with Crippen molar-refractivity contribution in [3.05, 3.63) is 126 Å². The number of carbonyl (C=O) groups excluding carboxylic acids is 2.